The summed E-state index contributed by atoms with van der Waals surface area (Å²) in [6, 6.07) is 6.87. The van der Waals surface area contributed by atoms with Crippen LogP contribution in [0.3, 0.4) is 0 Å². The van der Waals surface area contributed by atoms with E-state index in [2.05, 4.69) is 18.7 Å². The number of nitrogens with two attached hydrogens (primary N) is 1. The lowest BCUT2D eigenvalue weighted by Crippen LogP contribution is -2.35. The Morgan fingerprint density at radius 2 is 1.74 bits per heavy atom. The number of rotatable bonds is 8. The molecule has 0 aliphatic rings. The van der Waals surface area contributed by atoms with E-state index >= 15 is 0 Å². The minimum atomic E-state index is -0.378. The fraction of sp³-hybridized carbons (Fsp3) is 0.571. The molecule has 0 aliphatic heterocycles. The Balaban J connectivity index is 2.90. The van der Waals surface area contributed by atoms with E-state index in [1.807, 2.05) is 12.1 Å². The zero-order chi connectivity index (χ0) is 14.3. The molecular formula is C14H23N3O2. The van der Waals surface area contributed by atoms with Crippen LogP contribution in [0.15, 0.2) is 24.3 Å². The van der Waals surface area contributed by atoms with Crippen LogP contribution in [0.4, 0.5) is 5.69 Å². The smallest absolute Gasteiger partial charge is 0.269 e. The summed E-state index contributed by atoms with van der Waals surface area (Å²) in [6.45, 7) is 6.80. The molecule has 19 heavy (non-hydrogen) atoms. The van der Waals surface area contributed by atoms with E-state index in [9.17, 15) is 10.1 Å². The van der Waals surface area contributed by atoms with Crippen LogP contribution in [0.5, 0.6) is 0 Å². The minimum absolute atomic E-state index is 0.122. The summed E-state index contributed by atoms with van der Waals surface area (Å²) >= 11 is 0. The summed E-state index contributed by atoms with van der Waals surface area (Å²) in [5, 5.41) is 10.7. The standard InChI is InChI=1S/C14H23N3O2/c1-3-9-16(10-4-2)14(11-15)12-5-7-13(8-6-12)17(18)19/h5-8,14H,3-4,9-11,15H2,1-2H3. The molecule has 0 bridgehead atoms. The Morgan fingerprint density at radius 3 is 2.11 bits per heavy atom. The van der Waals surface area contributed by atoms with Gasteiger partial charge in [-0.3, -0.25) is 15.0 Å². The maximum Gasteiger partial charge on any atom is 0.269 e. The highest BCUT2D eigenvalue weighted by molar-refractivity contribution is 5.34. The third-order valence-corrected chi connectivity index (χ3v) is 3.17. The van der Waals surface area contributed by atoms with Crippen molar-refractivity contribution in [2.75, 3.05) is 19.6 Å². The first kappa shape index (κ1) is 15.6. The highest BCUT2D eigenvalue weighted by Gasteiger charge is 2.18. The van der Waals surface area contributed by atoms with E-state index in [1.165, 1.54) is 0 Å². The molecule has 0 saturated carbocycles. The third kappa shape index (κ3) is 4.29. The van der Waals surface area contributed by atoms with E-state index in [4.69, 9.17) is 5.73 Å². The predicted octanol–water partition coefficient (Wildman–Crippen LogP) is 2.72. The number of nitrogens with zero attached hydrogens (tertiary/aromatic N) is 2. The Kier molecular flexibility index (Phi) is 6.45. The first-order chi connectivity index (χ1) is 9.13. The van der Waals surface area contributed by atoms with Gasteiger partial charge < -0.3 is 5.73 Å². The molecule has 5 nitrogen and oxygen atoms in total. The number of benzene rings is 1. The van der Waals surface area contributed by atoms with E-state index in [0.29, 0.717) is 6.54 Å². The molecule has 5 heteroatoms. The van der Waals surface area contributed by atoms with E-state index in [-0.39, 0.29) is 16.7 Å². The van der Waals surface area contributed by atoms with Gasteiger partial charge in [0.1, 0.15) is 0 Å². The summed E-state index contributed by atoms with van der Waals surface area (Å²) in [4.78, 5) is 12.6. The van der Waals surface area contributed by atoms with Crippen molar-refractivity contribution in [2.24, 2.45) is 5.73 Å². The Labute approximate surface area is 114 Å². The van der Waals surface area contributed by atoms with Gasteiger partial charge in [-0.2, -0.15) is 0 Å². The van der Waals surface area contributed by atoms with Crippen LogP contribution < -0.4 is 5.73 Å². The lowest BCUT2D eigenvalue weighted by Gasteiger charge is -2.30. The fourth-order valence-electron chi connectivity index (χ4n) is 2.31. The first-order valence-corrected chi connectivity index (χ1v) is 6.82. The molecule has 1 aromatic carbocycles. The highest BCUT2D eigenvalue weighted by Crippen LogP contribution is 2.22. The van der Waals surface area contributed by atoms with Crippen molar-refractivity contribution in [1.29, 1.82) is 0 Å². The van der Waals surface area contributed by atoms with Crippen molar-refractivity contribution >= 4 is 5.69 Å². The van der Waals surface area contributed by atoms with Gasteiger partial charge in [-0.1, -0.05) is 26.0 Å². The highest BCUT2D eigenvalue weighted by atomic mass is 16.6. The number of nitro benzene ring substituents is 1. The summed E-state index contributed by atoms with van der Waals surface area (Å²) in [5.74, 6) is 0. The topological polar surface area (TPSA) is 72.4 Å². The van der Waals surface area contributed by atoms with Crippen molar-refractivity contribution in [3.63, 3.8) is 0 Å². The van der Waals surface area contributed by atoms with Gasteiger partial charge in [-0.25, -0.2) is 0 Å². The molecular weight excluding hydrogens is 242 g/mol. The zero-order valence-electron chi connectivity index (χ0n) is 11.7. The first-order valence-electron chi connectivity index (χ1n) is 6.82. The summed E-state index contributed by atoms with van der Waals surface area (Å²) in [7, 11) is 0. The Bertz CT molecular complexity index is 386. The van der Waals surface area contributed by atoms with Gasteiger partial charge in [0.05, 0.1) is 4.92 Å². The molecule has 1 unspecified atom stereocenters. The average Bonchev–Trinajstić information content (AvgIpc) is 2.40. The number of nitro groups is 1. The minimum Gasteiger partial charge on any atom is -0.329 e. The predicted molar refractivity (Wildman–Crippen MR) is 77.0 cm³/mol. The monoisotopic (exact) mass is 265 g/mol. The number of hydrogen-bond donors (Lipinski definition) is 1. The van der Waals surface area contributed by atoms with Crippen molar-refractivity contribution < 1.29 is 4.92 Å². The molecule has 1 rings (SSSR count). The third-order valence-electron chi connectivity index (χ3n) is 3.17. The quantitative estimate of drug-likeness (QED) is 0.579. The summed E-state index contributed by atoms with van der Waals surface area (Å²) in [6.07, 6.45) is 2.15. The molecule has 2 N–H and O–H groups in total. The number of non-ortho nitro benzene ring substituents is 1. The second kappa shape index (κ2) is 7.86. The van der Waals surface area contributed by atoms with Crippen molar-refractivity contribution in [3.8, 4) is 0 Å². The van der Waals surface area contributed by atoms with Crippen LogP contribution >= 0.6 is 0 Å². The van der Waals surface area contributed by atoms with Crippen LogP contribution in [-0.2, 0) is 0 Å². The number of hydrogen-bond acceptors (Lipinski definition) is 4. The van der Waals surface area contributed by atoms with Crippen LogP contribution in [0.25, 0.3) is 0 Å². The van der Waals surface area contributed by atoms with Crippen molar-refractivity contribution in [3.05, 3.63) is 39.9 Å². The second-order valence-corrected chi connectivity index (χ2v) is 4.64. The Hall–Kier alpha value is -1.46. The van der Waals surface area contributed by atoms with Crippen LogP contribution in [0.2, 0.25) is 0 Å². The average molecular weight is 265 g/mol. The van der Waals surface area contributed by atoms with Gasteiger partial charge in [0.2, 0.25) is 0 Å². The molecule has 1 atom stereocenters. The molecule has 0 spiro atoms. The van der Waals surface area contributed by atoms with Crippen LogP contribution in [-0.4, -0.2) is 29.5 Å². The largest absolute Gasteiger partial charge is 0.329 e. The molecule has 1 aromatic rings. The van der Waals surface area contributed by atoms with Crippen molar-refractivity contribution in [1.82, 2.24) is 4.90 Å². The zero-order valence-corrected chi connectivity index (χ0v) is 11.7. The summed E-state index contributed by atoms with van der Waals surface area (Å²) < 4.78 is 0. The van der Waals surface area contributed by atoms with Gasteiger partial charge in [0.15, 0.2) is 0 Å². The van der Waals surface area contributed by atoms with E-state index < -0.39 is 0 Å². The molecule has 0 saturated heterocycles. The fourth-order valence-corrected chi connectivity index (χ4v) is 2.31. The maximum atomic E-state index is 10.7. The molecule has 0 amide bonds. The normalized spacial score (nSPS) is 12.6. The second-order valence-electron chi connectivity index (χ2n) is 4.64. The molecule has 0 aromatic heterocycles. The van der Waals surface area contributed by atoms with Gasteiger partial charge in [0.25, 0.3) is 5.69 Å². The van der Waals surface area contributed by atoms with E-state index in [1.54, 1.807) is 12.1 Å². The van der Waals surface area contributed by atoms with Gasteiger partial charge in [-0.05, 0) is 31.5 Å². The SMILES string of the molecule is CCCN(CCC)C(CN)c1ccc([N+](=O)[O-])cc1. The molecule has 106 valence electrons. The molecule has 0 aliphatic carbocycles. The van der Waals surface area contributed by atoms with Crippen molar-refractivity contribution in [2.45, 2.75) is 32.7 Å². The van der Waals surface area contributed by atoms with E-state index in [0.717, 1.165) is 31.5 Å². The molecule has 0 radical (unpaired) electrons. The van der Waals surface area contributed by atoms with Gasteiger partial charge in [-0.15, -0.1) is 0 Å². The lowest BCUT2D eigenvalue weighted by molar-refractivity contribution is -0.384. The summed E-state index contributed by atoms with van der Waals surface area (Å²) in [5.41, 5.74) is 7.06. The van der Waals surface area contributed by atoms with Crippen LogP contribution in [0.1, 0.15) is 38.3 Å². The maximum absolute atomic E-state index is 10.7. The van der Waals surface area contributed by atoms with Gasteiger partial charge in [0, 0.05) is 24.7 Å². The van der Waals surface area contributed by atoms with Gasteiger partial charge >= 0.3 is 0 Å². The lowest BCUT2D eigenvalue weighted by atomic mass is 10.0. The molecule has 0 heterocycles. The van der Waals surface area contributed by atoms with Crippen LogP contribution in [0, 0.1) is 10.1 Å². The Morgan fingerprint density at radius 1 is 1.21 bits per heavy atom. The molecule has 0 fully saturated rings.